The first-order chi connectivity index (χ1) is 6.40. The van der Waals surface area contributed by atoms with Crippen LogP contribution in [0.5, 0.6) is 0 Å². The second kappa shape index (κ2) is 5.59. The Balaban J connectivity index is 4.14. The second-order valence-corrected chi connectivity index (χ2v) is 3.37. The van der Waals surface area contributed by atoms with Gasteiger partial charge in [-0.25, -0.2) is 0 Å². The van der Waals surface area contributed by atoms with Crippen molar-refractivity contribution in [3.8, 4) is 0 Å². The van der Waals surface area contributed by atoms with E-state index in [1.54, 1.807) is 25.8 Å². The Morgan fingerprint density at radius 1 is 1.43 bits per heavy atom. The van der Waals surface area contributed by atoms with Gasteiger partial charge in [0.2, 0.25) is 11.8 Å². The molecule has 0 aromatic rings. The van der Waals surface area contributed by atoms with Crippen LogP contribution in [0.15, 0.2) is 0 Å². The highest BCUT2D eigenvalue weighted by molar-refractivity contribution is 5.89. The largest absolute Gasteiger partial charge is 0.344 e. The van der Waals surface area contributed by atoms with Crippen LogP contribution in [0.25, 0.3) is 0 Å². The van der Waals surface area contributed by atoms with E-state index in [0.29, 0.717) is 6.54 Å². The van der Waals surface area contributed by atoms with Gasteiger partial charge in [-0.05, 0) is 20.8 Å². The van der Waals surface area contributed by atoms with E-state index in [2.05, 4.69) is 5.32 Å². The van der Waals surface area contributed by atoms with Crippen molar-refractivity contribution in [2.45, 2.75) is 32.9 Å². The van der Waals surface area contributed by atoms with Gasteiger partial charge in [-0.3, -0.25) is 9.59 Å². The molecule has 2 amide bonds. The maximum absolute atomic E-state index is 11.5. The molecule has 0 bridgehead atoms. The molecule has 5 nitrogen and oxygen atoms in total. The number of carbonyl (C=O) groups is 2. The van der Waals surface area contributed by atoms with Gasteiger partial charge in [0.1, 0.15) is 6.04 Å². The van der Waals surface area contributed by atoms with Crippen LogP contribution in [-0.4, -0.2) is 42.4 Å². The molecular weight excluding hydrogens is 182 g/mol. The van der Waals surface area contributed by atoms with Gasteiger partial charge in [0.25, 0.3) is 0 Å². The van der Waals surface area contributed by atoms with Gasteiger partial charge in [-0.2, -0.15) is 0 Å². The second-order valence-electron chi connectivity index (χ2n) is 3.37. The number of rotatable bonds is 4. The lowest BCUT2D eigenvalue weighted by molar-refractivity contribution is -0.134. The quantitative estimate of drug-likeness (QED) is 0.632. The highest BCUT2D eigenvalue weighted by Crippen LogP contribution is 1.92. The highest BCUT2D eigenvalue weighted by atomic mass is 16.2. The zero-order chi connectivity index (χ0) is 11.3. The van der Waals surface area contributed by atoms with Gasteiger partial charge in [0.15, 0.2) is 0 Å². The molecule has 0 aliphatic heterocycles. The van der Waals surface area contributed by atoms with Crippen LogP contribution in [-0.2, 0) is 9.59 Å². The van der Waals surface area contributed by atoms with Crippen molar-refractivity contribution < 1.29 is 9.59 Å². The number of hydrogen-bond donors (Lipinski definition) is 2. The number of nitrogens with two attached hydrogens (primary N) is 1. The van der Waals surface area contributed by atoms with Crippen LogP contribution >= 0.6 is 0 Å². The van der Waals surface area contributed by atoms with Crippen LogP contribution in [0.3, 0.4) is 0 Å². The molecule has 2 unspecified atom stereocenters. The zero-order valence-corrected chi connectivity index (χ0v) is 9.20. The summed E-state index contributed by atoms with van der Waals surface area (Å²) in [4.78, 5) is 24.2. The molecule has 2 atom stereocenters. The number of amides is 2. The van der Waals surface area contributed by atoms with Crippen molar-refractivity contribution in [3.63, 3.8) is 0 Å². The lowest BCUT2D eigenvalue weighted by atomic mass is 10.2. The Morgan fingerprint density at radius 2 is 1.93 bits per heavy atom. The van der Waals surface area contributed by atoms with Gasteiger partial charge in [0, 0.05) is 13.6 Å². The molecule has 0 saturated heterocycles. The molecule has 0 aromatic carbocycles. The predicted octanol–water partition coefficient (Wildman–Crippen LogP) is -0.683. The third-order valence-electron chi connectivity index (χ3n) is 1.99. The molecule has 0 aliphatic rings. The van der Waals surface area contributed by atoms with E-state index in [-0.39, 0.29) is 11.8 Å². The molecule has 0 aliphatic carbocycles. The molecule has 0 fully saturated rings. The Labute approximate surface area is 84.6 Å². The average molecular weight is 201 g/mol. The summed E-state index contributed by atoms with van der Waals surface area (Å²) in [6.07, 6.45) is 0. The Bertz CT molecular complexity index is 216. The van der Waals surface area contributed by atoms with Crippen LogP contribution < -0.4 is 11.1 Å². The summed E-state index contributed by atoms with van der Waals surface area (Å²) in [5.41, 5.74) is 5.36. The molecule has 0 rings (SSSR count). The summed E-state index contributed by atoms with van der Waals surface area (Å²) in [5, 5.41) is 2.54. The first-order valence-electron chi connectivity index (χ1n) is 4.71. The maximum atomic E-state index is 11.5. The van der Waals surface area contributed by atoms with Crippen molar-refractivity contribution in [1.29, 1.82) is 0 Å². The summed E-state index contributed by atoms with van der Waals surface area (Å²) in [6, 6.07) is -1.10. The zero-order valence-electron chi connectivity index (χ0n) is 9.20. The van der Waals surface area contributed by atoms with Crippen molar-refractivity contribution in [2.24, 2.45) is 5.73 Å². The van der Waals surface area contributed by atoms with Crippen LogP contribution in [0, 0.1) is 0 Å². The van der Waals surface area contributed by atoms with Crippen LogP contribution in [0.2, 0.25) is 0 Å². The summed E-state index contributed by atoms with van der Waals surface area (Å²) in [6.45, 7) is 5.72. The molecule has 5 heteroatoms. The molecule has 0 heterocycles. The molecule has 0 spiro atoms. The minimum atomic E-state index is -0.586. The van der Waals surface area contributed by atoms with E-state index in [4.69, 9.17) is 5.73 Å². The first kappa shape index (κ1) is 12.9. The molecule has 0 radical (unpaired) electrons. The third kappa shape index (κ3) is 3.74. The minimum absolute atomic E-state index is 0.110. The molecular formula is C9H19N3O2. The van der Waals surface area contributed by atoms with E-state index in [9.17, 15) is 9.59 Å². The Kier molecular flexibility index (Phi) is 5.15. The molecule has 0 aromatic heterocycles. The van der Waals surface area contributed by atoms with E-state index in [1.807, 2.05) is 6.92 Å². The SMILES string of the molecule is CCN(C)C(=O)C(C)NC(=O)C(C)N. The third-order valence-corrected chi connectivity index (χ3v) is 1.99. The van der Waals surface area contributed by atoms with Crippen molar-refractivity contribution in [2.75, 3.05) is 13.6 Å². The number of nitrogens with zero attached hydrogens (tertiary/aromatic N) is 1. The van der Waals surface area contributed by atoms with Gasteiger partial charge >= 0.3 is 0 Å². The standard InChI is InChI=1S/C9H19N3O2/c1-5-12(4)9(14)7(3)11-8(13)6(2)10/h6-7H,5,10H2,1-4H3,(H,11,13). The number of likely N-dealkylation sites (N-methyl/N-ethyl adjacent to an activating group) is 1. The van der Waals surface area contributed by atoms with Crippen molar-refractivity contribution >= 4 is 11.8 Å². The van der Waals surface area contributed by atoms with Crippen LogP contribution in [0.4, 0.5) is 0 Å². The first-order valence-corrected chi connectivity index (χ1v) is 4.71. The summed E-state index contributed by atoms with van der Waals surface area (Å²) < 4.78 is 0. The lowest BCUT2D eigenvalue weighted by Gasteiger charge is -2.21. The van der Waals surface area contributed by atoms with Crippen molar-refractivity contribution in [1.82, 2.24) is 10.2 Å². The van der Waals surface area contributed by atoms with E-state index in [1.165, 1.54) is 0 Å². The average Bonchev–Trinajstić information content (AvgIpc) is 2.14. The van der Waals surface area contributed by atoms with E-state index >= 15 is 0 Å². The van der Waals surface area contributed by atoms with E-state index < -0.39 is 12.1 Å². The topological polar surface area (TPSA) is 75.4 Å². The number of nitrogens with one attached hydrogen (secondary N) is 1. The fourth-order valence-electron chi connectivity index (χ4n) is 0.893. The molecule has 14 heavy (non-hydrogen) atoms. The Morgan fingerprint density at radius 3 is 2.29 bits per heavy atom. The number of hydrogen-bond acceptors (Lipinski definition) is 3. The fraction of sp³-hybridized carbons (Fsp3) is 0.778. The van der Waals surface area contributed by atoms with Gasteiger partial charge in [-0.1, -0.05) is 0 Å². The smallest absolute Gasteiger partial charge is 0.244 e. The number of carbonyl (C=O) groups excluding carboxylic acids is 2. The summed E-state index contributed by atoms with van der Waals surface area (Å²) in [7, 11) is 1.69. The Hall–Kier alpha value is -1.10. The maximum Gasteiger partial charge on any atom is 0.244 e. The van der Waals surface area contributed by atoms with Crippen molar-refractivity contribution in [3.05, 3.63) is 0 Å². The van der Waals surface area contributed by atoms with Crippen LogP contribution in [0.1, 0.15) is 20.8 Å². The predicted molar refractivity (Wildman–Crippen MR) is 54.6 cm³/mol. The summed E-state index contributed by atoms with van der Waals surface area (Å²) >= 11 is 0. The summed E-state index contributed by atoms with van der Waals surface area (Å²) in [5.74, 6) is -0.420. The minimum Gasteiger partial charge on any atom is -0.344 e. The monoisotopic (exact) mass is 201 g/mol. The van der Waals surface area contributed by atoms with E-state index in [0.717, 1.165) is 0 Å². The molecule has 0 saturated carbocycles. The van der Waals surface area contributed by atoms with Gasteiger partial charge < -0.3 is 16.0 Å². The van der Waals surface area contributed by atoms with Gasteiger partial charge in [0.05, 0.1) is 6.04 Å². The fourth-order valence-corrected chi connectivity index (χ4v) is 0.893. The molecule has 3 N–H and O–H groups in total. The normalized spacial score (nSPS) is 14.4. The van der Waals surface area contributed by atoms with Gasteiger partial charge in [-0.15, -0.1) is 0 Å². The molecule has 82 valence electrons. The highest BCUT2D eigenvalue weighted by Gasteiger charge is 2.19. The lowest BCUT2D eigenvalue weighted by Crippen LogP contribution is -2.49.